The van der Waals surface area contributed by atoms with Gasteiger partial charge in [-0.15, -0.1) is 24.8 Å². The molecule has 27 heavy (non-hydrogen) atoms. The third-order valence-corrected chi connectivity index (χ3v) is 4.38. The number of anilines is 3. The van der Waals surface area contributed by atoms with E-state index in [1.165, 1.54) is 12.1 Å². The molecule has 1 saturated heterocycles. The summed E-state index contributed by atoms with van der Waals surface area (Å²) in [4.78, 5) is 11.6. The van der Waals surface area contributed by atoms with E-state index in [1.807, 2.05) is 0 Å². The van der Waals surface area contributed by atoms with Crippen LogP contribution in [0.15, 0.2) is 30.3 Å². The highest BCUT2D eigenvalue weighted by atomic mass is 35.5. The van der Waals surface area contributed by atoms with Crippen LogP contribution >= 0.6 is 24.8 Å². The number of aromatic nitrogens is 2. The largest absolute Gasteiger partial charge is 0.355 e. The Labute approximate surface area is 173 Å². The fourth-order valence-electron chi connectivity index (χ4n) is 3.17. The maximum atomic E-state index is 13.1. The Morgan fingerprint density at radius 2 is 1.89 bits per heavy atom. The van der Waals surface area contributed by atoms with Gasteiger partial charge in [0.2, 0.25) is 5.95 Å². The summed E-state index contributed by atoms with van der Waals surface area (Å²) in [6.45, 7) is 7.23. The molecule has 3 rings (SSSR count). The highest BCUT2D eigenvalue weighted by molar-refractivity contribution is 5.85. The number of likely N-dealkylation sites (N-methyl/N-ethyl adjacent to an activating group) is 1. The molecule has 1 aromatic heterocycles. The topological polar surface area (TPSA) is 53.1 Å². The van der Waals surface area contributed by atoms with Gasteiger partial charge >= 0.3 is 0 Å². The summed E-state index contributed by atoms with van der Waals surface area (Å²) in [5.74, 6) is 1.28. The average molecular weight is 416 g/mol. The van der Waals surface area contributed by atoms with E-state index in [-0.39, 0.29) is 30.6 Å². The molecule has 0 aliphatic carbocycles. The zero-order chi connectivity index (χ0) is 17.6. The van der Waals surface area contributed by atoms with Gasteiger partial charge in [0.05, 0.1) is 0 Å². The van der Waals surface area contributed by atoms with Crippen LogP contribution in [-0.4, -0.2) is 35.6 Å². The molecule has 2 N–H and O–H groups in total. The minimum atomic E-state index is -0.251. The molecular weight excluding hydrogens is 388 g/mol. The van der Waals surface area contributed by atoms with E-state index in [0.717, 1.165) is 56.1 Å². The number of aryl methyl sites for hydroxylation is 1. The van der Waals surface area contributed by atoms with Crippen LogP contribution in [0.3, 0.4) is 0 Å². The Morgan fingerprint density at radius 1 is 1.15 bits per heavy atom. The van der Waals surface area contributed by atoms with Crippen LogP contribution in [0.4, 0.5) is 21.8 Å². The molecule has 1 unspecified atom stereocenters. The summed E-state index contributed by atoms with van der Waals surface area (Å²) in [5.41, 5.74) is 1.82. The maximum absolute atomic E-state index is 13.1. The Bertz CT molecular complexity index is 699. The second-order valence-corrected chi connectivity index (χ2v) is 6.41. The molecule has 0 radical (unpaired) electrons. The molecule has 150 valence electrons. The number of nitrogens with zero attached hydrogens (tertiary/aromatic N) is 3. The van der Waals surface area contributed by atoms with E-state index in [2.05, 4.69) is 40.4 Å². The van der Waals surface area contributed by atoms with Crippen molar-refractivity contribution >= 4 is 42.3 Å². The van der Waals surface area contributed by atoms with E-state index >= 15 is 0 Å². The van der Waals surface area contributed by atoms with Gasteiger partial charge in [-0.25, -0.2) is 9.37 Å². The third-order valence-electron chi connectivity index (χ3n) is 4.38. The molecular formula is C19H28Cl2FN5. The minimum Gasteiger partial charge on any atom is -0.355 e. The van der Waals surface area contributed by atoms with Gasteiger partial charge in [0, 0.05) is 36.6 Å². The van der Waals surface area contributed by atoms with Crippen LogP contribution in [0, 0.1) is 5.82 Å². The predicted octanol–water partition coefficient (Wildman–Crippen LogP) is 4.34. The molecule has 2 heterocycles. The Hall–Kier alpha value is -1.63. The normalized spacial score (nSPS) is 15.8. The van der Waals surface area contributed by atoms with Gasteiger partial charge in [-0.3, -0.25) is 0 Å². The average Bonchev–Trinajstić information content (AvgIpc) is 3.06. The number of nitrogens with one attached hydrogen (secondary N) is 2. The summed E-state index contributed by atoms with van der Waals surface area (Å²) in [6.07, 6.45) is 3.08. The first-order chi connectivity index (χ1) is 12.2. The summed E-state index contributed by atoms with van der Waals surface area (Å²) in [5, 5.41) is 6.71. The predicted molar refractivity (Wildman–Crippen MR) is 115 cm³/mol. The molecule has 1 aromatic carbocycles. The first-order valence-corrected chi connectivity index (χ1v) is 9.06. The van der Waals surface area contributed by atoms with E-state index in [9.17, 15) is 4.39 Å². The smallest absolute Gasteiger partial charge is 0.229 e. The quantitative estimate of drug-likeness (QED) is 0.703. The minimum absolute atomic E-state index is 0. The van der Waals surface area contributed by atoms with Crippen LogP contribution in [-0.2, 0) is 6.42 Å². The van der Waals surface area contributed by atoms with Crippen LogP contribution < -0.4 is 15.5 Å². The molecule has 0 bridgehead atoms. The Morgan fingerprint density at radius 3 is 2.56 bits per heavy atom. The number of hydrogen-bond donors (Lipinski definition) is 2. The van der Waals surface area contributed by atoms with Crippen molar-refractivity contribution in [2.75, 3.05) is 29.9 Å². The lowest BCUT2D eigenvalue weighted by Gasteiger charge is -2.19. The SMILES string of the molecule is CCCc1cc(N2CCC(NCC)C2)nc(Nc2ccc(F)cc2)n1.Cl.Cl. The van der Waals surface area contributed by atoms with E-state index < -0.39 is 0 Å². The monoisotopic (exact) mass is 415 g/mol. The number of halogens is 3. The standard InChI is InChI=1S/C19H26FN5.2ClH/c1-3-5-16-12-18(25-11-10-17(13-25)21-4-2)24-19(23-16)22-15-8-6-14(20)7-9-15;;/h6-9,12,17,21H,3-5,10-11,13H2,1-2H3,(H,22,23,24);2*1H. The van der Waals surface area contributed by atoms with Crippen molar-refractivity contribution < 1.29 is 4.39 Å². The third kappa shape index (κ3) is 6.48. The van der Waals surface area contributed by atoms with Crippen LogP contribution in [0.2, 0.25) is 0 Å². The molecule has 8 heteroatoms. The van der Waals surface area contributed by atoms with Crippen molar-refractivity contribution in [2.45, 2.75) is 39.2 Å². The molecule has 1 fully saturated rings. The van der Waals surface area contributed by atoms with Gasteiger partial charge in [0.1, 0.15) is 11.6 Å². The van der Waals surface area contributed by atoms with Crippen LogP contribution in [0.25, 0.3) is 0 Å². The lowest BCUT2D eigenvalue weighted by Crippen LogP contribution is -2.32. The highest BCUT2D eigenvalue weighted by Crippen LogP contribution is 2.23. The second-order valence-electron chi connectivity index (χ2n) is 6.41. The van der Waals surface area contributed by atoms with Gasteiger partial charge in [-0.1, -0.05) is 20.3 Å². The lowest BCUT2D eigenvalue weighted by atomic mass is 10.2. The zero-order valence-electron chi connectivity index (χ0n) is 15.7. The van der Waals surface area contributed by atoms with Gasteiger partial charge in [-0.2, -0.15) is 4.98 Å². The van der Waals surface area contributed by atoms with Crippen molar-refractivity contribution in [3.8, 4) is 0 Å². The second kappa shape index (κ2) is 11.3. The number of rotatable bonds is 7. The van der Waals surface area contributed by atoms with Crippen molar-refractivity contribution in [3.05, 3.63) is 41.8 Å². The van der Waals surface area contributed by atoms with Crippen LogP contribution in [0.5, 0.6) is 0 Å². The molecule has 5 nitrogen and oxygen atoms in total. The molecule has 1 atom stereocenters. The van der Waals surface area contributed by atoms with Gasteiger partial charge in [0.25, 0.3) is 0 Å². The molecule has 2 aromatic rings. The Balaban J connectivity index is 0.00000182. The van der Waals surface area contributed by atoms with E-state index in [0.29, 0.717) is 12.0 Å². The zero-order valence-corrected chi connectivity index (χ0v) is 17.4. The molecule has 0 saturated carbocycles. The van der Waals surface area contributed by atoms with E-state index in [4.69, 9.17) is 4.98 Å². The number of benzene rings is 1. The van der Waals surface area contributed by atoms with Crippen molar-refractivity contribution in [1.82, 2.24) is 15.3 Å². The highest BCUT2D eigenvalue weighted by Gasteiger charge is 2.23. The van der Waals surface area contributed by atoms with Crippen molar-refractivity contribution in [3.63, 3.8) is 0 Å². The van der Waals surface area contributed by atoms with Gasteiger partial charge < -0.3 is 15.5 Å². The lowest BCUT2D eigenvalue weighted by molar-refractivity contribution is 0.571. The first kappa shape index (κ1) is 23.4. The van der Waals surface area contributed by atoms with E-state index in [1.54, 1.807) is 12.1 Å². The summed E-state index contributed by atoms with van der Waals surface area (Å²) in [6, 6.07) is 8.86. The summed E-state index contributed by atoms with van der Waals surface area (Å²) < 4.78 is 13.1. The van der Waals surface area contributed by atoms with Crippen LogP contribution in [0.1, 0.15) is 32.4 Å². The fourth-order valence-corrected chi connectivity index (χ4v) is 3.17. The molecule has 1 aliphatic heterocycles. The fraction of sp³-hybridized carbons (Fsp3) is 0.474. The maximum Gasteiger partial charge on any atom is 0.229 e. The Kier molecular flexibility index (Phi) is 9.77. The summed E-state index contributed by atoms with van der Waals surface area (Å²) in [7, 11) is 0. The molecule has 1 aliphatic rings. The molecule has 0 spiro atoms. The van der Waals surface area contributed by atoms with Gasteiger partial charge in [0.15, 0.2) is 0 Å². The van der Waals surface area contributed by atoms with Gasteiger partial charge in [-0.05, 0) is 43.7 Å². The number of hydrogen-bond acceptors (Lipinski definition) is 5. The van der Waals surface area contributed by atoms with Crippen molar-refractivity contribution in [1.29, 1.82) is 0 Å². The molecule has 0 amide bonds. The van der Waals surface area contributed by atoms with Crippen molar-refractivity contribution in [2.24, 2.45) is 0 Å². The summed E-state index contributed by atoms with van der Waals surface area (Å²) >= 11 is 0. The first-order valence-electron chi connectivity index (χ1n) is 9.06.